The molecule has 0 aliphatic heterocycles. The van der Waals surface area contributed by atoms with Gasteiger partial charge in [0.15, 0.2) is 5.11 Å². The van der Waals surface area contributed by atoms with Crippen LogP contribution in [0.5, 0.6) is 0 Å². The Balaban J connectivity index is 1.88. The number of H-pyrrole nitrogens is 1. The van der Waals surface area contributed by atoms with Gasteiger partial charge >= 0.3 is 0 Å². The SMILES string of the molecule is CCNC(=S)NCCc1ccc2cc[nH]c2c1. The topological polar surface area (TPSA) is 39.8 Å². The molecule has 1 aromatic carbocycles. The lowest BCUT2D eigenvalue weighted by Crippen LogP contribution is -2.36. The quantitative estimate of drug-likeness (QED) is 0.725. The molecule has 0 atom stereocenters. The van der Waals surface area contributed by atoms with Gasteiger partial charge in [0.2, 0.25) is 0 Å². The lowest BCUT2D eigenvalue weighted by atomic mass is 10.1. The molecule has 1 heterocycles. The van der Waals surface area contributed by atoms with Crippen LogP contribution in [0.3, 0.4) is 0 Å². The lowest BCUT2D eigenvalue weighted by Gasteiger charge is -2.08. The first-order chi connectivity index (χ1) is 8.29. The molecule has 2 aromatic rings. The van der Waals surface area contributed by atoms with Crippen molar-refractivity contribution in [2.24, 2.45) is 0 Å². The third kappa shape index (κ3) is 3.20. The summed E-state index contributed by atoms with van der Waals surface area (Å²) >= 11 is 5.10. The van der Waals surface area contributed by atoms with Crippen molar-refractivity contribution < 1.29 is 0 Å². The van der Waals surface area contributed by atoms with Gasteiger partial charge in [-0.1, -0.05) is 12.1 Å². The highest BCUT2D eigenvalue weighted by molar-refractivity contribution is 7.80. The van der Waals surface area contributed by atoms with Crippen LogP contribution in [0.4, 0.5) is 0 Å². The molecular weight excluding hydrogens is 230 g/mol. The van der Waals surface area contributed by atoms with Crippen molar-refractivity contribution in [3.8, 4) is 0 Å². The Hall–Kier alpha value is -1.55. The fraction of sp³-hybridized carbons (Fsp3) is 0.308. The van der Waals surface area contributed by atoms with Gasteiger partial charge in [-0.3, -0.25) is 0 Å². The van der Waals surface area contributed by atoms with E-state index >= 15 is 0 Å². The number of aromatic amines is 1. The maximum absolute atomic E-state index is 5.10. The Kier molecular flexibility index (Phi) is 3.98. The summed E-state index contributed by atoms with van der Waals surface area (Å²) in [6.07, 6.45) is 2.94. The summed E-state index contributed by atoms with van der Waals surface area (Å²) in [5.41, 5.74) is 2.50. The molecular formula is C13H17N3S. The first kappa shape index (κ1) is 11.9. The number of fused-ring (bicyclic) bond motifs is 1. The maximum Gasteiger partial charge on any atom is 0.166 e. The number of nitrogens with one attached hydrogen (secondary N) is 3. The predicted octanol–water partition coefficient (Wildman–Crippen LogP) is 2.19. The van der Waals surface area contributed by atoms with Crippen molar-refractivity contribution in [1.82, 2.24) is 15.6 Å². The Labute approximate surface area is 107 Å². The molecule has 0 saturated heterocycles. The van der Waals surface area contributed by atoms with E-state index in [0.717, 1.165) is 24.6 Å². The molecule has 3 N–H and O–H groups in total. The van der Waals surface area contributed by atoms with Gasteiger partial charge in [0.25, 0.3) is 0 Å². The molecule has 90 valence electrons. The van der Waals surface area contributed by atoms with Gasteiger partial charge in [-0.05, 0) is 48.6 Å². The molecule has 2 rings (SSSR count). The van der Waals surface area contributed by atoms with Crippen LogP contribution in [0.1, 0.15) is 12.5 Å². The summed E-state index contributed by atoms with van der Waals surface area (Å²) in [5.74, 6) is 0. The van der Waals surface area contributed by atoms with E-state index in [0.29, 0.717) is 0 Å². The monoisotopic (exact) mass is 247 g/mol. The Morgan fingerprint density at radius 2 is 2.18 bits per heavy atom. The van der Waals surface area contributed by atoms with Crippen LogP contribution in [0.2, 0.25) is 0 Å². The minimum absolute atomic E-state index is 0.730. The molecule has 0 amide bonds. The summed E-state index contributed by atoms with van der Waals surface area (Å²) in [6.45, 7) is 3.76. The zero-order valence-corrected chi connectivity index (χ0v) is 10.7. The second kappa shape index (κ2) is 5.68. The standard InChI is InChI=1S/C13H17N3S/c1-2-14-13(17)16-7-5-10-3-4-11-6-8-15-12(11)9-10/h3-4,6,8-9,15H,2,5,7H2,1H3,(H2,14,16,17). The average molecular weight is 247 g/mol. The van der Waals surface area contributed by atoms with Gasteiger partial charge in [0, 0.05) is 24.8 Å². The van der Waals surface area contributed by atoms with E-state index in [2.05, 4.69) is 39.9 Å². The highest BCUT2D eigenvalue weighted by Crippen LogP contribution is 2.14. The highest BCUT2D eigenvalue weighted by atomic mass is 32.1. The summed E-state index contributed by atoms with van der Waals surface area (Å²) in [5, 5.41) is 8.24. The average Bonchev–Trinajstić information content (AvgIpc) is 2.76. The van der Waals surface area contributed by atoms with E-state index in [1.807, 2.05) is 13.1 Å². The first-order valence-corrected chi connectivity index (χ1v) is 6.28. The molecule has 4 heteroatoms. The predicted molar refractivity (Wildman–Crippen MR) is 76.3 cm³/mol. The Bertz CT molecular complexity index is 504. The van der Waals surface area contributed by atoms with E-state index in [1.54, 1.807) is 0 Å². The minimum atomic E-state index is 0.730. The lowest BCUT2D eigenvalue weighted by molar-refractivity contribution is 0.830. The molecule has 0 spiro atoms. The van der Waals surface area contributed by atoms with E-state index in [9.17, 15) is 0 Å². The van der Waals surface area contributed by atoms with Gasteiger partial charge in [-0.2, -0.15) is 0 Å². The molecule has 0 aliphatic carbocycles. The fourth-order valence-corrected chi connectivity index (χ4v) is 2.04. The number of hydrogen-bond acceptors (Lipinski definition) is 1. The molecule has 0 saturated carbocycles. The van der Waals surface area contributed by atoms with Gasteiger partial charge in [-0.15, -0.1) is 0 Å². The maximum atomic E-state index is 5.10. The van der Waals surface area contributed by atoms with E-state index in [-0.39, 0.29) is 0 Å². The van der Waals surface area contributed by atoms with Crippen molar-refractivity contribution in [3.05, 3.63) is 36.0 Å². The molecule has 3 nitrogen and oxygen atoms in total. The molecule has 0 aliphatic rings. The van der Waals surface area contributed by atoms with Crippen molar-refractivity contribution in [2.75, 3.05) is 13.1 Å². The van der Waals surface area contributed by atoms with Crippen molar-refractivity contribution in [2.45, 2.75) is 13.3 Å². The second-order valence-electron chi connectivity index (χ2n) is 3.94. The Morgan fingerprint density at radius 1 is 1.29 bits per heavy atom. The van der Waals surface area contributed by atoms with Crippen LogP contribution in [0.25, 0.3) is 10.9 Å². The third-order valence-electron chi connectivity index (χ3n) is 2.66. The fourth-order valence-electron chi connectivity index (χ4n) is 1.79. The Morgan fingerprint density at radius 3 is 3.00 bits per heavy atom. The normalized spacial score (nSPS) is 10.4. The van der Waals surface area contributed by atoms with E-state index in [4.69, 9.17) is 12.2 Å². The molecule has 1 aromatic heterocycles. The van der Waals surface area contributed by atoms with Crippen molar-refractivity contribution in [1.29, 1.82) is 0 Å². The van der Waals surface area contributed by atoms with Gasteiger partial charge in [0.05, 0.1) is 0 Å². The van der Waals surface area contributed by atoms with Crippen LogP contribution >= 0.6 is 12.2 Å². The van der Waals surface area contributed by atoms with Crippen LogP contribution < -0.4 is 10.6 Å². The van der Waals surface area contributed by atoms with Crippen LogP contribution in [-0.4, -0.2) is 23.2 Å². The number of hydrogen-bond donors (Lipinski definition) is 3. The third-order valence-corrected chi connectivity index (χ3v) is 2.94. The zero-order valence-electron chi connectivity index (χ0n) is 9.92. The molecule has 0 unspecified atom stereocenters. The van der Waals surface area contributed by atoms with Gasteiger partial charge in [0.1, 0.15) is 0 Å². The summed E-state index contributed by atoms with van der Waals surface area (Å²) in [7, 11) is 0. The van der Waals surface area contributed by atoms with Gasteiger partial charge in [-0.25, -0.2) is 0 Å². The van der Waals surface area contributed by atoms with Crippen LogP contribution in [0, 0.1) is 0 Å². The van der Waals surface area contributed by atoms with Crippen LogP contribution in [0.15, 0.2) is 30.5 Å². The molecule has 0 fully saturated rings. The van der Waals surface area contributed by atoms with Crippen LogP contribution in [-0.2, 0) is 6.42 Å². The smallest absolute Gasteiger partial charge is 0.166 e. The minimum Gasteiger partial charge on any atom is -0.363 e. The van der Waals surface area contributed by atoms with Crippen molar-refractivity contribution >= 4 is 28.2 Å². The molecule has 0 bridgehead atoms. The number of thiocarbonyl (C=S) groups is 1. The largest absolute Gasteiger partial charge is 0.363 e. The first-order valence-electron chi connectivity index (χ1n) is 5.87. The number of aromatic nitrogens is 1. The van der Waals surface area contributed by atoms with Gasteiger partial charge < -0.3 is 15.6 Å². The summed E-state index contributed by atoms with van der Waals surface area (Å²) in [6, 6.07) is 8.57. The highest BCUT2D eigenvalue weighted by Gasteiger charge is 1.98. The second-order valence-corrected chi connectivity index (χ2v) is 4.34. The summed E-state index contributed by atoms with van der Waals surface area (Å²) < 4.78 is 0. The molecule has 0 radical (unpaired) electrons. The summed E-state index contributed by atoms with van der Waals surface area (Å²) in [4.78, 5) is 3.22. The zero-order chi connectivity index (χ0) is 12.1. The number of rotatable bonds is 4. The van der Waals surface area contributed by atoms with E-state index in [1.165, 1.54) is 16.5 Å². The molecule has 17 heavy (non-hydrogen) atoms. The number of benzene rings is 1. The van der Waals surface area contributed by atoms with E-state index < -0.39 is 0 Å². The van der Waals surface area contributed by atoms with Crippen molar-refractivity contribution in [3.63, 3.8) is 0 Å².